The van der Waals surface area contributed by atoms with E-state index in [0.717, 1.165) is 6.42 Å². The Morgan fingerprint density at radius 1 is 1.11 bits per heavy atom. The van der Waals surface area contributed by atoms with Gasteiger partial charge in [0.25, 0.3) is 0 Å². The highest BCUT2D eigenvalue weighted by molar-refractivity contribution is 14.1. The summed E-state index contributed by atoms with van der Waals surface area (Å²) in [5.41, 5.74) is -0.0840. The molecule has 18 heavy (non-hydrogen) atoms. The van der Waals surface area contributed by atoms with Crippen molar-refractivity contribution in [2.75, 3.05) is 0 Å². The zero-order valence-corrected chi connectivity index (χ0v) is 16.4. The molecule has 0 heterocycles. The molecular formula is C15H31IOSi. The molecule has 0 aromatic rings. The second kappa shape index (κ2) is 7.43. The summed E-state index contributed by atoms with van der Waals surface area (Å²) in [5.74, 6) is 0. The first-order valence-electron chi connectivity index (χ1n) is 7.06. The molecule has 1 nitrogen and oxygen atoms in total. The Kier molecular flexibility index (Phi) is 7.70. The Morgan fingerprint density at radius 3 is 2.06 bits per heavy atom. The fourth-order valence-electron chi connectivity index (χ4n) is 1.76. The molecule has 0 radical (unpaired) electrons. The molecule has 0 saturated heterocycles. The Morgan fingerprint density at radius 2 is 1.67 bits per heavy atom. The van der Waals surface area contributed by atoms with Crippen molar-refractivity contribution in [3.8, 4) is 0 Å². The zero-order valence-electron chi connectivity index (χ0n) is 13.3. The first-order valence-corrected chi connectivity index (χ1v) is 11.2. The largest absolute Gasteiger partial charge is 0.408 e. The normalized spacial score (nSPS) is 17.1. The highest BCUT2D eigenvalue weighted by Gasteiger charge is 2.41. The zero-order chi connectivity index (χ0) is 14.4. The first kappa shape index (κ1) is 18.6. The van der Waals surface area contributed by atoms with E-state index in [4.69, 9.17) is 4.43 Å². The average Bonchev–Trinajstić information content (AvgIpc) is 2.15. The fraction of sp³-hybridized carbons (Fsp3) is 0.867. The van der Waals surface area contributed by atoms with Crippen molar-refractivity contribution in [2.24, 2.45) is 0 Å². The van der Waals surface area contributed by atoms with E-state index < -0.39 is 8.32 Å². The van der Waals surface area contributed by atoms with Crippen molar-refractivity contribution in [3.05, 3.63) is 10.2 Å². The molecule has 0 spiro atoms. The molecule has 0 N–H and O–H groups in total. The number of hydrogen-bond acceptors (Lipinski definition) is 1. The van der Waals surface area contributed by atoms with Crippen molar-refractivity contribution in [1.82, 2.24) is 0 Å². The van der Waals surface area contributed by atoms with Crippen LogP contribution in [0.2, 0.25) is 18.1 Å². The molecule has 0 amide bonds. The topological polar surface area (TPSA) is 9.23 Å². The van der Waals surface area contributed by atoms with Crippen molar-refractivity contribution < 1.29 is 4.43 Å². The lowest BCUT2D eigenvalue weighted by Crippen LogP contribution is -2.47. The highest BCUT2D eigenvalue weighted by atomic mass is 127. The standard InChI is InChI=1S/C15H31IOSi/c1-8-9-10-11-15(5,12-13-16)17-18(6,7)14(2,3)4/h12-13H,8-11H2,1-7H3. The molecule has 0 aliphatic heterocycles. The molecule has 0 fully saturated rings. The third-order valence-electron chi connectivity index (χ3n) is 3.99. The van der Waals surface area contributed by atoms with Crippen LogP contribution in [-0.2, 0) is 4.43 Å². The summed E-state index contributed by atoms with van der Waals surface area (Å²) >= 11 is 2.30. The summed E-state index contributed by atoms with van der Waals surface area (Å²) in [7, 11) is -1.69. The predicted octanol–water partition coefficient (Wildman–Crippen LogP) is 6.30. The van der Waals surface area contributed by atoms with Crippen LogP contribution in [0.1, 0.15) is 60.3 Å². The van der Waals surface area contributed by atoms with Gasteiger partial charge >= 0.3 is 0 Å². The summed E-state index contributed by atoms with van der Waals surface area (Å²) in [6.07, 6.45) is 7.19. The molecule has 0 saturated carbocycles. The lowest BCUT2D eigenvalue weighted by atomic mass is 9.99. The van der Waals surface area contributed by atoms with Crippen LogP contribution < -0.4 is 0 Å². The molecule has 1 atom stereocenters. The maximum atomic E-state index is 6.62. The van der Waals surface area contributed by atoms with E-state index in [1.807, 2.05) is 0 Å². The molecular weight excluding hydrogens is 351 g/mol. The van der Waals surface area contributed by atoms with Crippen LogP contribution in [-0.4, -0.2) is 13.9 Å². The summed E-state index contributed by atoms with van der Waals surface area (Å²) in [5, 5.41) is 0.276. The van der Waals surface area contributed by atoms with Gasteiger partial charge in [0.1, 0.15) is 0 Å². The van der Waals surface area contributed by atoms with Gasteiger partial charge in [-0.3, -0.25) is 0 Å². The van der Waals surface area contributed by atoms with Crippen LogP contribution in [0.4, 0.5) is 0 Å². The molecule has 0 aliphatic rings. The number of rotatable bonds is 7. The van der Waals surface area contributed by atoms with Crippen molar-refractivity contribution in [2.45, 2.75) is 84.0 Å². The lowest BCUT2D eigenvalue weighted by Gasteiger charge is -2.43. The van der Waals surface area contributed by atoms with Crippen LogP contribution in [0.15, 0.2) is 10.2 Å². The maximum Gasteiger partial charge on any atom is 0.193 e. The molecule has 1 unspecified atom stereocenters. The third-order valence-corrected chi connectivity index (χ3v) is 8.94. The molecule has 108 valence electrons. The van der Waals surface area contributed by atoms with E-state index in [1.165, 1.54) is 19.3 Å². The minimum Gasteiger partial charge on any atom is -0.408 e. The van der Waals surface area contributed by atoms with Gasteiger partial charge in [-0.25, -0.2) is 0 Å². The van der Waals surface area contributed by atoms with Gasteiger partial charge in [-0.2, -0.15) is 0 Å². The van der Waals surface area contributed by atoms with Gasteiger partial charge in [0.15, 0.2) is 8.32 Å². The molecule has 0 aromatic heterocycles. The Balaban J connectivity index is 4.80. The van der Waals surface area contributed by atoms with E-state index in [-0.39, 0.29) is 10.6 Å². The van der Waals surface area contributed by atoms with E-state index in [2.05, 4.69) is 80.5 Å². The van der Waals surface area contributed by atoms with Gasteiger partial charge in [0.2, 0.25) is 0 Å². The second-order valence-electron chi connectivity index (χ2n) is 6.92. The van der Waals surface area contributed by atoms with E-state index >= 15 is 0 Å². The molecule has 0 rings (SSSR count). The summed E-state index contributed by atoms with van der Waals surface area (Å²) < 4.78 is 8.73. The molecule has 0 bridgehead atoms. The maximum absolute atomic E-state index is 6.62. The van der Waals surface area contributed by atoms with Crippen LogP contribution in [0.3, 0.4) is 0 Å². The van der Waals surface area contributed by atoms with Crippen LogP contribution >= 0.6 is 22.6 Å². The quantitative estimate of drug-likeness (QED) is 0.285. The smallest absolute Gasteiger partial charge is 0.193 e. The highest BCUT2D eigenvalue weighted by Crippen LogP contribution is 2.40. The van der Waals surface area contributed by atoms with Crippen molar-refractivity contribution in [3.63, 3.8) is 0 Å². The van der Waals surface area contributed by atoms with Crippen LogP contribution in [0, 0.1) is 0 Å². The lowest BCUT2D eigenvalue weighted by molar-refractivity contribution is 0.109. The van der Waals surface area contributed by atoms with Crippen molar-refractivity contribution in [1.29, 1.82) is 0 Å². The summed E-state index contributed by atoms with van der Waals surface area (Å²) in [6, 6.07) is 0. The Bertz CT molecular complexity index is 268. The number of halogens is 1. The SMILES string of the molecule is CCCCCC(C)(C=CI)O[Si](C)(C)C(C)(C)C. The Hall–Kier alpha value is 0.647. The number of hydrogen-bond donors (Lipinski definition) is 0. The van der Waals surface area contributed by atoms with Gasteiger partial charge in [-0.15, -0.1) is 0 Å². The van der Waals surface area contributed by atoms with Gasteiger partial charge in [-0.05, 0) is 41.6 Å². The average molecular weight is 382 g/mol. The van der Waals surface area contributed by atoms with Gasteiger partial charge < -0.3 is 4.43 Å². The third kappa shape index (κ3) is 6.20. The minimum absolute atomic E-state index is 0.0840. The monoisotopic (exact) mass is 382 g/mol. The fourth-order valence-corrected chi connectivity index (χ4v) is 4.17. The van der Waals surface area contributed by atoms with Gasteiger partial charge in [0, 0.05) is 0 Å². The Labute approximate surface area is 129 Å². The first-order chi connectivity index (χ1) is 8.08. The molecule has 0 aliphatic carbocycles. The predicted molar refractivity (Wildman–Crippen MR) is 94.0 cm³/mol. The van der Waals surface area contributed by atoms with Crippen LogP contribution in [0.5, 0.6) is 0 Å². The van der Waals surface area contributed by atoms with Gasteiger partial charge in [-0.1, -0.05) is 69.5 Å². The van der Waals surface area contributed by atoms with Crippen molar-refractivity contribution >= 4 is 30.9 Å². The van der Waals surface area contributed by atoms with E-state index in [0.29, 0.717) is 0 Å². The molecule has 0 aromatic carbocycles. The number of unbranched alkanes of at least 4 members (excludes halogenated alkanes) is 2. The van der Waals surface area contributed by atoms with Crippen LogP contribution in [0.25, 0.3) is 0 Å². The summed E-state index contributed by atoms with van der Waals surface area (Å²) in [4.78, 5) is 0. The summed E-state index contributed by atoms with van der Waals surface area (Å²) in [6.45, 7) is 16.1. The van der Waals surface area contributed by atoms with E-state index in [9.17, 15) is 0 Å². The minimum atomic E-state index is -1.69. The second-order valence-corrected chi connectivity index (χ2v) is 12.4. The van der Waals surface area contributed by atoms with E-state index in [1.54, 1.807) is 0 Å². The van der Waals surface area contributed by atoms with Gasteiger partial charge in [0.05, 0.1) is 5.60 Å². The molecule has 3 heteroatoms.